The second-order valence-corrected chi connectivity index (χ2v) is 8.26. The summed E-state index contributed by atoms with van der Waals surface area (Å²) in [5.74, 6) is -0.274. The van der Waals surface area contributed by atoms with Crippen LogP contribution in [0.2, 0.25) is 0 Å². The molecule has 2 atom stereocenters. The Morgan fingerprint density at radius 1 is 1.31 bits per heavy atom. The van der Waals surface area contributed by atoms with Crippen molar-refractivity contribution in [2.24, 2.45) is 17.3 Å². The normalized spacial score (nSPS) is 29.3. The van der Waals surface area contributed by atoms with E-state index < -0.39 is 11.4 Å². The van der Waals surface area contributed by atoms with Gasteiger partial charge in [-0.05, 0) is 44.7 Å². The maximum Gasteiger partial charge on any atom is 0.311 e. The van der Waals surface area contributed by atoms with E-state index in [4.69, 9.17) is 0 Å². The van der Waals surface area contributed by atoms with Gasteiger partial charge in [0.1, 0.15) is 0 Å². The van der Waals surface area contributed by atoms with E-state index in [0.717, 1.165) is 37.2 Å². The van der Waals surface area contributed by atoms with Gasteiger partial charge in [-0.25, -0.2) is 0 Å². The van der Waals surface area contributed by atoms with Gasteiger partial charge in [-0.2, -0.15) is 0 Å². The third-order valence-electron chi connectivity index (χ3n) is 6.25. The lowest BCUT2D eigenvalue weighted by atomic mass is 9.75. The lowest BCUT2D eigenvalue weighted by Gasteiger charge is -2.29. The summed E-state index contributed by atoms with van der Waals surface area (Å²) in [5, 5.41) is 10.1. The van der Waals surface area contributed by atoms with Crippen LogP contribution in [0.5, 0.6) is 0 Å². The summed E-state index contributed by atoms with van der Waals surface area (Å²) in [7, 11) is 0. The van der Waals surface area contributed by atoms with Crippen LogP contribution in [0, 0.1) is 24.2 Å². The molecule has 1 aromatic heterocycles. The van der Waals surface area contributed by atoms with E-state index in [1.807, 2.05) is 30.0 Å². The van der Waals surface area contributed by atoms with Crippen molar-refractivity contribution in [1.29, 1.82) is 0 Å². The van der Waals surface area contributed by atoms with Gasteiger partial charge in [0.05, 0.1) is 11.1 Å². The average Bonchev–Trinajstić information content (AvgIpc) is 3.40. The van der Waals surface area contributed by atoms with Gasteiger partial charge in [0, 0.05) is 50.3 Å². The predicted molar refractivity (Wildman–Crippen MR) is 96.3 cm³/mol. The van der Waals surface area contributed by atoms with Crippen LogP contribution in [0.1, 0.15) is 37.1 Å². The van der Waals surface area contributed by atoms with Crippen molar-refractivity contribution in [3.63, 3.8) is 0 Å². The average molecular weight is 357 g/mol. The zero-order chi connectivity index (χ0) is 18.3. The van der Waals surface area contributed by atoms with Crippen LogP contribution in [-0.4, -0.2) is 57.9 Å². The molecule has 2 aliphatic heterocycles. The molecule has 0 bridgehead atoms. The zero-order valence-electron chi connectivity index (χ0n) is 15.4. The highest BCUT2D eigenvalue weighted by atomic mass is 16.4. The van der Waals surface area contributed by atoms with Crippen LogP contribution in [0.15, 0.2) is 18.2 Å². The summed E-state index contributed by atoms with van der Waals surface area (Å²) >= 11 is 0. The molecule has 1 saturated carbocycles. The minimum atomic E-state index is -0.734. The molecule has 0 spiro atoms. The molecule has 0 aromatic carbocycles. The van der Waals surface area contributed by atoms with Crippen molar-refractivity contribution < 1.29 is 14.7 Å². The topological polar surface area (TPSA) is 73.7 Å². The Morgan fingerprint density at radius 2 is 2.12 bits per heavy atom. The zero-order valence-corrected chi connectivity index (χ0v) is 15.4. The summed E-state index contributed by atoms with van der Waals surface area (Å²) < 4.78 is 0. The Morgan fingerprint density at radius 3 is 2.81 bits per heavy atom. The molecule has 1 aliphatic carbocycles. The fourth-order valence-electron chi connectivity index (χ4n) is 4.71. The summed E-state index contributed by atoms with van der Waals surface area (Å²) in [6.45, 7) is 5.20. The maximum absolute atomic E-state index is 12.5. The number of aryl methyl sites for hydroxylation is 1. The second kappa shape index (κ2) is 6.65. The summed E-state index contributed by atoms with van der Waals surface area (Å²) in [6, 6.07) is 5.96. The minimum absolute atomic E-state index is 0.00462. The van der Waals surface area contributed by atoms with E-state index in [9.17, 15) is 14.7 Å². The molecule has 0 unspecified atom stereocenters. The predicted octanol–water partition coefficient (Wildman–Crippen LogP) is 1.93. The molecule has 3 heterocycles. The van der Waals surface area contributed by atoms with Crippen molar-refractivity contribution in [1.82, 2.24) is 14.8 Å². The SMILES string of the molecule is Cc1cccc(CN2C[C@H]3CN(C(=O)C4CC4)CCC[C@@]3(C(=O)O)C2)n1. The van der Waals surface area contributed by atoms with Gasteiger partial charge in [-0.3, -0.25) is 19.5 Å². The molecular formula is C20H27N3O3. The Labute approximate surface area is 154 Å². The van der Waals surface area contributed by atoms with Gasteiger partial charge >= 0.3 is 5.97 Å². The summed E-state index contributed by atoms with van der Waals surface area (Å²) in [4.78, 5) is 33.5. The van der Waals surface area contributed by atoms with Crippen LogP contribution in [0.3, 0.4) is 0 Å². The number of hydrogen-bond acceptors (Lipinski definition) is 4. The lowest BCUT2D eigenvalue weighted by molar-refractivity contribution is -0.151. The number of rotatable bonds is 4. The van der Waals surface area contributed by atoms with Crippen LogP contribution in [0.25, 0.3) is 0 Å². The first-order chi connectivity index (χ1) is 12.5. The molecule has 1 aromatic rings. The molecule has 140 valence electrons. The Bertz CT molecular complexity index is 718. The number of pyridine rings is 1. The number of hydrogen-bond donors (Lipinski definition) is 1. The molecule has 2 saturated heterocycles. The minimum Gasteiger partial charge on any atom is -0.481 e. The van der Waals surface area contributed by atoms with Gasteiger partial charge in [-0.15, -0.1) is 0 Å². The second-order valence-electron chi connectivity index (χ2n) is 8.26. The van der Waals surface area contributed by atoms with Crippen LogP contribution in [0.4, 0.5) is 0 Å². The molecule has 3 aliphatic rings. The van der Waals surface area contributed by atoms with Gasteiger partial charge in [0.25, 0.3) is 0 Å². The largest absolute Gasteiger partial charge is 0.481 e. The van der Waals surface area contributed by atoms with Gasteiger partial charge in [0.2, 0.25) is 5.91 Å². The first kappa shape index (κ1) is 17.5. The fourth-order valence-corrected chi connectivity index (χ4v) is 4.71. The van der Waals surface area contributed by atoms with E-state index in [0.29, 0.717) is 32.6 Å². The molecule has 6 heteroatoms. The Hall–Kier alpha value is -1.95. The number of aliphatic carboxylic acids is 1. The van der Waals surface area contributed by atoms with E-state index in [-0.39, 0.29) is 17.7 Å². The molecule has 26 heavy (non-hydrogen) atoms. The molecule has 1 N–H and O–H groups in total. The number of fused-ring (bicyclic) bond motifs is 1. The molecule has 6 nitrogen and oxygen atoms in total. The highest BCUT2D eigenvalue weighted by Gasteiger charge is 2.54. The number of likely N-dealkylation sites (tertiary alicyclic amines) is 2. The summed E-state index contributed by atoms with van der Waals surface area (Å²) in [6.07, 6.45) is 3.42. The maximum atomic E-state index is 12.5. The number of nitrogens with zero attached hydrogens (tertiary/aromatic N) is 3. The number of amides is 1. The molecule has 4 rings (SSSR count). The summed E-state index contributed by atoms with van der Waals surface area (Å²) in [5.41, 5.74) is 1.22. The van der Waals surface area contributed by atoms with Crippen LogP contribution >= 0.6 is 0 Å². The quantitative estimate of drug-likeness (QED) is 0.891. The van der Waals surface area contributed by atoms with E-state index in [1.54, 1.807) is 0 Å². The number of carbonyl (C=O) groups is 2. The van der Waals surface area contributed by atoms with Gasteiger partial charge < -0.3 is 10.0 Å². The van der Waals surface area contributed by atoms with E-state index in [1.165, 1.54) is 0 Å². The van der Waals surface area contributed by atoms with Crippen molar-refractivity contribution in [3.8, 4) is 0 Å². The standard InChI is InChI=1S/C20H27N3O3/c1-14-4-2-5-17(21-14)12-22-10-16-11-23(18(24)15-6-7-15)9-3-8-20(16,13-22)19(25)26/h2,4-5,15-16H,3,6-13H2,1H3,(H,25,26)/t16-,20+/m0/s1. The van der Waals surface area contributed by atoms with E-state index in [2.05, 4.69) is 9.88 Å². The van der Waals surface area contributed by atoms with Crippen LogP contribution < -0.4 is 0 Å². The highest BCUT2D eigenvalue weighted by molar-refractivity contribution is 5.81. The molecule has 0 radical (unpaired) electrons. The third-order valence-corrected chi connectivity index (χ3v) is 6.25. The Balaban J connectivity index is 1.52. The molecule has 3 fully saturated rings. The first-order valence-electron chi connectivity index (χ1n) is 9.65. The van der Waals surface area contributed by atoms with Crippen LogP contribution in [-0.2, 0) is 16.1 Å². The molecular weight excluding hydrogens is 330 g/mol. The van der Waals surface area contributed by atoms with Gasteiger partial charge in [0.15, 0.2) is 0 Å². The highest BCUT2D eigenvalue weighted by Crippen LogP contribution is 2.44. The van der Waals surface area contributed by atoms with Gasteiger partial charge in [-0.1, -0.05) is 6.07 Å². The number of carbonyl (C=O) groups excluding carboxylic acids is 1. The first-order valence-corrected chi connectivity index (χ1v) is 9.65. The monoisotopic (exact) mass is 357 g/mol. The number of carboxylic acids is 1. The Kier molecular flexibility index (Phi) is 4.47. The van der Waals surface area contributed by atoms with Crippen molar-refractivity contribution in [3.05, 3.63) is 29.6 Å². The van der Waals surface area contributed by atoms with Crippen molar-refractivity contribution in [2.75, 3.05) is 26.2 Å². The molecule has 1 amide bonds. The fraction of sp³-hybridized carbons (Fsp3) is 0.650. The number of carboxylic acid groups (broad SMARTS) is 1. The third kappa shape index (κ3) is 3.22. The van der Waals surface area contributed by atoms with Crippen molar-refractivity contribution >= 4 is 11.9 Å². The van der Waals surface area contributed by atoms with Crippen molar-refractivity contribution in [2.45, 2.75) is 39.2 Å². The smallest absolute Gasteiger partial charge is 0.311 e. The van der Waals surface area contributed by atoms with E-state index >= 15 is 0 Å². The number of aromatic nitrogens is 1. The lowest BCUT2D eigenvalue weighted by Crippen LogP contribution is -2.43.